The molecule has 0 aromatic rings. The number of alkyl halides is 6. The quantitative estimate of drug-likeness (QED) is 0.556. The van der Waals surface area contributed by atoms with Crippen LogP contribution in [0.15, 0.2) is 3.77 Å². The first-order valence-electron chi connectivity index (χ1n) is 3.26. The summed E-state index contributed by atoms with van der Waals surface area (Å²) in [6.07, 6.45) is 0. The summed E-state index contributed by atoms with van der Waals surface area (Å²) in [5, 5.41) is 0. The third-order valence-corrected chi connectivity index (χ3v) is 5.18. The number of halogens is 7. The van der Waals surface area contributed by atoms with Crippen molar-refractivity contribution in [3.63, 3.8) is 0 Å². The highest BCUT2D eigenvalue weighted by Gasteiger charge is 2.47. The molecule has 0 N–H and O–H groups in total. The van der Waals surface area contributed by atoms with Gasteiger partial charge in [0.25, 0.3) is 0 Å². The Kier molecular flexibility index (Phi) is 4.53. The first kappa shape index (κ1) is 18.3. The number of hydrogen-bond donors (Lipinski definition) is 0. The number of nitrogens with zero attached hydrogens (tertiary/aromatic N) is 2. The minimum atomic E-state index is -6.82. The van der Waals surface area contributed by atoms with Gasteiger partial charge in [-0.2, -0.15) is 34.8 Å². The van der Waals surface area contributed by atoms with Crippen LogP contribution in [0, 0.1) is 0 Å². The lowest BCUT2D eigenvalue weighted by atomic mass is 11.6. The predicted octanol–water partition coefficient (Wildman–Crippen LogP) is 1.33. The van der Waals surface area contributed by atoms with Gasteiger partial charge in [0.1, 0.15) is 10.3 Å². The lowest BCUT2D eigenvalue weighted by molar-refractivity contribution is -0.0436. The predicted molar refractivity (Wildman–Crippen MR) is 45.0 cm³/mol. The maximum absolute atomic E-state index is 12.6. The maximum Gasteiger partial charge on any atom is 0.519 e. The second-order valence-corrected chi connectivity index (χ2v) is 7.30. The van der Waals surface area contributed by atoms with Crippen LogP contribution in [0.2, 0.25) is 0 Å². The molecule has 19 heavy (non-hydrogen) atoms. The van der Waals surface area contributed by atoms with Crippen LogP contribution in [0.1, 0.15) is 0 Å². The summed E-state index contributed by atoms with van der Waals surface area (Å²) in [5.74, 6) is 0. The Labute approximate surface area is 101 Å². The Morgan fingerprint density at radius 2 is 1.16 bits per heavy atom. The van der Waals surface area contributed by atoms with Gasteiger partial charge in [0.2, 0.25) is 0 Å². The van der Waals surface area contributed by atoms with Crippen molar-refractivity contribution in [2.75, 3.05) is 0 Å². The normalized spacial score (nSPS) is 17.8. The molecule has 0 aromatic heterocycles. The van der Waals surface area contributed by atoms with Crippen molar-refractivity contribution in [2.45, 2.75) is 11.0 Å². The molecule has 1 atom stereocenters. The van der Waals surface area contributed by atoms with E-state index < -0.39 is 41.4 Å². The van der Waals surface area contributed by atoms with Gasteiger partial charge in [-0.25, -0.2) is 12.6 Å². The van der Waals surface area contributed by atoms with Crippen LogP contribution in [-0.4, -0.2) is 32.1 Å². The molecular formula is C2F7N2O5S3-. The SMILES string of the molecule is O=S(=O)(N=S(=O)(F)[N-]S(=O)(=O)C(F)(F)F)C(F)(F)F. The van der Waals surface area contributed by atoms with E-state index in [0.29, 0.717) is 0 Å². The van der Waals surface area contributed by atoms with Crippen molar-refractivity contribution in [1.29, 1.82) is 0 Å². The standard InChI is InChI=1S/C2F7N2O5S3/c3-1(4,5)17(12,13)10-19(9,16)11-18(14,15)2(6,7)8/q-1. The Bertz CT molecular complexity index is 661. The van der Waals surface area contributed by atoms with Crippen LogP contribution in [-0.2, 0) is 30.3 Å². The van der Waals surface area contributed by atoms with Gasteiger partial charge >= 0.3 is 21.0 Å². The van der Waals surface area contributed by atoms with E-state index in [1.54, 1.807) is 0 Å². The van der Waals surface area contributed by atoms with Gasteiger partial charge in [0.15, 0.2) is 10.0 Å². The molecule has 0 spiro atoms. The molecule has 0 saturated carbocycles. The summed E-state index contributed by atoms with van der Waals surface area (Å²) in [5.41, 5.74) is -12.6. The highest BCUT2D eigenvalue weighted by atomic mass is 32.3. The lowest BCUT2D eigenvalue weighted by Gasteiger charge is -2.20. The molecule has 0 aliphatic heterocycles. The summed E-state index contributed by atoms with van der Waals surface area (Å²) in [7, 11) is -20.3. The third-order valence-electron chi connectivity index (χ3n) is 0.965. The molecule has 0 aromatic carbocycles. The van der Waals surface area contributed by atoms with Gasteiger partial charge in [0, 0.05) is 0 Å². The van der Waals surface area contributed by atoms with Crippen molar-refractivity contribution >= 4 is 30.3 Å². The van der Waals surface area contributed by atoms with Gasteiger partial charge in [0.05, 0.1) is 0 Å². The Morgan fingerprint density at radius 1 is 0.789 bits per heavy atom. The zero-order valence-electron chi connectivity index (χ0n) is 7.81. The zero-order chi connectivity index (χ0) is 15.9. The van der Waals surface area contributed by atoms with Crippen LogP contribution in [0.5, 0.6) is 0 Å². The average molecular weight is 361 g/mol. The third kappa shape index (κ3) is 4.73. The van der Waals surface area contributed by atoms with Crippen LogP contribution in [0.25, 0.3) is 4.13 Å². The number of sulfonamides is 2. The van der Waals surface area contributed by atoms with E-state index in [9.17, 15) is 51.3 Å². The van der Waals surface area contributed by atoms with Gasteiger partial charge in [-0.3, -0.25) is 0 Å². The molecule has 1 unspecified atom stereocenters. The summed E-state index contributed by atoms with van der Waals surface area (Å²) in [6, 6.07) is 0. The maximum atomic E-state index is 12.6. The molecule has 0 rings (SSSR count). The Morgan fingerprint density at radius 3 is 1.42 bits per heavy atom. The Balaban J connectivity index is 5.79. The van der Waals surface area contributed by atoms with Gasteiger partial charge in [-0.15, -0.1) is 3.89 Å². The molecule has 0 aliphatic rings. The van der Waals surface area contributed by atoms with Crippen LogP contribution < -0.4 is 0 Å². The van der Waals surface area contributed by atoms with E-state index in [-0.39, 0.29) is 0 Å². The molecule has 17 heteroatoms. The minimum absolute atomic E-state index is 0.873. The molecule has 7 nitrogen and oxygen atoms in total. The van der Waals surface area contributed by atoms with E-state index in [0.717, 1.165) is 7.90 Å². The second kappa shape index (κ2) is 4.70. The molecule has 0 bridgehead atoms. The van der Waals surface area contributed by atoms with E-state index in [1.807, 2.05) is 0 Å². The topological polar surface area (TPSA) is 112 Å². The molecule has 0 saturated heterocycles. The fourth-order valence-corrected chi connectivity index (χ4v) is 3.31. The highest BCUT2D eigenvalue weighted by Crippen LogP contribution is 2.33. The first-order valence-corrected chi connectivity index (χ1v) is 7.51. The van der Waals surface area contributed by atoms with E-state index in [4.69, 9.17) is 0 Å². The summed E-state index contributed by atoms with van der Waals surface area (Å²) >= 11 is 0. The smallest absolute Gasteiger partial charge is 0.417 e. The van der Waals surface area contributed by atoms with E-state index in [1.165, 1.54) is 0 Å². The van der Waals surface area contributed by atoms with Crippen LogP contribution >= 0.6 is 0 Å². The van der Waals surface area contributed by atoms with Crippen molar-refractivity contribution in [3.8, 4) is 0 Å². The molecule has 116 valence electrons. The molecule has 0 radical (unpaired) electrons. The molecule has 0 fully saturated rings. The monoisotopic (exact) mass is 361 g/mol. The zero-order valence-corrected chi connectivity index (χ0v) is 10.3. The van der Waals surface area contributed by atoms with Crippen LogP contribution in [0.3, 0.4) is 0 Å². The van der Waals surface area contributed by atoms with Gasteiger partial charge in [-0.1, -0.05) is 3.77 Å². The largest absolute Gasteiger partial charge is 0.519 e. The molecule has 0 aliphatic carbocycles. The minimum Gasteiger partial charge on any atom is -0.417 e. The summed E-state index contributed by atoms with van der Waals surface area (Å²) in [6.45, 7) is 0. The van der Waals surface area contributed by atoms with Crippen molar-refractivity contribution in [1.82, 2.24) is 0 Å². The highest BCUT2D eigenvalue weighted by molar-refractivity contribution is 8.14. The fourth-order valence-electron chi connectivity index (χ4n) is 0.340. The number of hydrogen-bond acceptors (Lipinski definition) is 5. The summed E-state index contributed by atoms with van der Waals surface area (Å²) in [4.78, 5) is 0. The molecular weight excluding hydrogens is 361 g/mol. The molecule has 0 heterocycles. The van der Waals surface area contributed by atoms with Crippen molar-refractivity contribution in [3.05, 3.63) is 4.13 Å². The van der Waals surface area contributed by atoms with E-state index in [2.05, 4.69) is 0 Å². The first-order chi connectivity index (χ1) is 7.91. The summed E-state index contributed by atoms with van der Waals surface area (Å²) < 4.78 is 135. The van der Waals surface area contributed by atoms with Crippen molar-refractivity contribution in [2.24, 2.45) is 3.77 Å². The fraction of sp³-hybridized carbons (Fsp3) is 1.00. The number of rotatable bonds is 3. The molecule has 0 amide bonds. The average Bonchev–Trinajstić information content (AvgIpc) is 1.93. The lowest BCUT2D eigenvalue weighted by Crippen LogP contribution is -2.25. The van der Waals surface area contributed by atoms with Gasteiger partial charge < -0.3 is 4.13 Å². The second-order valence-electron chi connectivity index (χ2n) is 2.42. The van der Waals surface area contributed by atoms with Crippen molar-refractivity contribution < 1.29 is 51.3 Å². The van der Waals surface area contributed by atoms with Gasteiger partial charge in [-0.05, 0) is 0 Å². The Hall–Kier alpha value is -0.680. The van der Waals surface area contributed by atoms with E-state index >= 15 is 0 Å². The van der Waals surface area contributed by atoms with Crippen LogP contribution in [0.4, 0.5) is 30.2 Å².